The number of hydrogen-bond donors (Lipinski definition) is 1. The molecule has 152 valence electrons. The van der Waals surface area contributed by atoms with Crippen LogP contribution < -0.4 is 5.32 Å². The lowest BCUT2D eigenvalue weighted by atomic mass is 10.1. The van der Waals surface area contributed by atoms with Gasteiger partial charge < -0.3 is 15.1 Å². The monoisotopic (exact) mass is 396 g/mol. The molecule has 0 fully saturated rings. The zero-order valence-electron chi connectivity index (χ0n) is 17.0. The molecule has 8 heteroatoms. The average molecular weight is 397 g/mol. The largest absolute Gasteiger partial charge is 0.357 e. The number of aliphatic imine (C=N–C) groups is 1. The van der Waals surface area contributed by atoms with Crippen molar-refractivity contribution in [1.29, 1.82) is 0 Å². The van der Waals surface area contributed by atoms with E-state index in [4.69, 9.17) is 0 Å². The summed E-state index contributed by atoms with van der Waals surface area (Å²) in [6.45, 7) is 8.85. The highest BCUT2D eigenvalue weighted by atomic mass is 32.2. The van der Waals surface area contributed by atoms with Crippen molar-refractivity contribution in [2.75, 3.05) is 46.0 Å². The second-order valence-electron chi connectivity index (χ2n) is 6.32. The summed E-state index contributed by atoms with van der Waals surface area (Å²) in [4.78, 5) is 20.8. The zero-order chi connectivity index (χ0) is 20.4. The predicted molar refractivity (Wildman–Crippen MR) is 110 cm³/mol. The highest BCUT2D eigenvalue weighted by Crippen LogP contribution is 2.10. The molecule has 0 saturated carbocycles. The van der Waals surface area contributed by atoms with Crippen LogP contribution in [-0.4, -0.2) is 76.1 Å². The maximum Gasteiger partial charge on any atom is 0.242 e. The first kappa shape index (κ1) is 23.0. The number of nitrogens with zero attached hydrogens (tertiary/aromatic N) is 3. The fourth-order valence-electron chi connectivity index (χ4n) is 2.62. The van der Waals surface area contributed by atoms with Crippen LogP contribution in [0, 0.1) is 0 Å². The van der Waals surface area contributed by atoms with E-state index in [1.54, 1.807) is 17.0 Å². The van der Waals surface area contributed by atoms with Crippen molar-refractivity contribution in [2.24, 2.45) is 4.99 Å². The minimum Gasteiger partial charge on any atom is -0.357 e. The first-order valence-corrected chi connectivity index (χ1v) is 11.2. The Bertz CT molecular complexity index is 726. The third kappa shape index (κ3) is 7.58. The van der Waals surface area contributed by atoms with Gasteiger partial charge in [0.05, 0.1) is 11.4 Å². The Morgan fingerprint density at radius 2 is 1.70 bits per heavy atom. The van der Waals surface area contributed by atoms with E-state index < -0.39 is 9.84 Å². The van der Waals surface area contributed by atoms with E-state index in [1.165, 1.54) is 6.26 Å². The van der Waals surface area contributed by atoms with Crippen LogP contribution in [0.15, 0.2) is 34.2 Å². The van der Waals surface area contributed by atoms with Gasteiger partial charge in [-0.15, -0.1) is 0 Å². The molecule has 0 aromatic heterocycles. The Kier molecular flexibility index (Phi) is 9.28. The molecule has 1 N–H and O–H groups in total. The Hall–Kier alpha value is -2.09. The molecule has 1 rings (SSSR count). The van der Waals surface area contributed by atoms with Crippen LogP contribution >= 0.6 is 0 Å². The number of guanidine groups is 1. The zero-order valence-corrected chi connectivity index (χ0v) is 17.8. The van der Waals surface area contributed by atoms with Gasteiger partial charge in [0.2, 0.25) is 5.91 Å². The second-order valence-corrected chi connectivity index (χ2v) is 8.34. The Labute approximate surface area is 163 Å². The molecule has 0 radical (unpaired) electrons. The normalized spacial score (nSPS) is 12.0. The molecule has 7 nitrogen and oxygen atoms in total. The summed E-state index contributed by atoms with van der Waals surface area (Å²) in [5.74, 6) is 0.759. The number of amides is 1. The molecule has 0 heterocycles. The number of carbonyl (C=O) groups is 1. The highest BCUT2D eigenvalue weighted by Gasteiger charge is 2.15. The number of sulfone groups is 1. The summed E-state index contributed by atoms with van der Waals surface area (Å²) in [7, 11) is -1.32. The molecule has 1 amide bonds. The average Bonchev–Trinajstić information content (AvgIpc) is 2.61. The Morgan fingerprint density at radius 1 is 1.11 bits per heavy atom. The number of nitrogens with one attached hydrogen (secondary N) is 1. The summed E-state index contributed by atoms with van der Waals surface area (Å²) in [6.07, 6.45) is 1.89. The van der Waals surface area contributed by atoms with E-state index in [9.17, 15) is 13.2 Å². The fourth-order valence-corrected chi connectivity index (χ4v) is 3.25. The van der Waals surface area contributed by atoms with Gasteiger partial charge in [-0.05, 0) is 44.9 Å². The SMILES string of the molecule is CCNC(=NCCc1ccc(S(C)(=O)=O)cc1)N(C)CC(=O)N(CC)CC. The van der Waals surface area contributed by atoms with Crippen molar-refractivity contribution in [3.8, 4) is 0 Å². The number of benzene rings is 1. The quantitative estimate of drug-likeness (QED) is 0.504. The third-order valence-corrected chi connectivity index (χ3v) is 5.33. The predicted octanol–water partition coefficient (Wildman–Crippen LogP) is 1.40. The number of likely N-dealkylation sites (N-methyl/N-ethyl adjacent to an activating group) is 2. The molecule has 0 unspecified atom stereocenters. The van der Waals surface area contributed by atoms with Gasteiger partial charge in [-0.2, -0.15) is 0 Å². The lowest BCUT2D eigenvalue weighted by molar-refractivity contribution is -0.131. The molecule has 0 aliphatic carbocycles. The van der Waals surface area contributed by atoms with E-state index in [0.29, 0.717) is 43.5 Å². The molecule has 0 aliphatic heterocycles. The van der Waals surface area contributed by atoms with E-state index in [0.717, 1.165) is 5.56 Å². The summed E-state index contributed by atoms with van der Waals surface area (Å²) in [5.41, 5.74) is 1.02. The molecule has 1 aromatic carbocycles. The van der Waals surface area contributed by atoms with Gasteiger partial charge in [0, 0.05) is 39.5 Å². The molecular weight excluding hydrogens is 364 g/mol. The number of carbonyl (C=O) groups excluding carboxylic acids is 1. The van der Waals surface area contributed by atoms with Gasteiger partial charge in [0.15, 0.2) is 15.8 Å². The van der Waals surface area contributed by atoms with Crippen molar-refractivity contribution in [1.82, 2.24) is 15.1 Å². The maximum atomic E-state index is 12.3. The Balaban J connectivity index is 2.71. The third-order valence-electron chi connectivity index (χ3n) is 4.20. The van der Waals surface area contributed by atoms with Crippen molar-refractivity contribution < 1.29 is 13.2 Å². The fraction of sp³-hybridized carbons (Fsp3) is 0.579. The molecule has 27 heavy (non-hydrogen) atoms. The van der Waals surface area contributed by atoms with Crippen LogP contribution in [0.2, 0.25) is 0 Å². The number of hydrogen-bond acceptors (Lipinski definition) is 4. The molecular formula is C19H32N4O3S. The van der Waals surface area contributed by atoms with Crippen LogP contribution in [0.3, 0.4) is 0 Å². The van der Waals surface area contributed by atoms with Crippen molar-refractivity contribution >= 4 is 21.7 Å². The summed E-state index contributed by atoms with van der Waals surface area (Å²) < 4.78 is 23.0. The first-order chi connectivity index (χ1) is 12.7. The summed E-state index contributed by atoms with van der Waals surface area (Å²) in [5, 5.41) is 3.20. The maximum absolute atomic E-state index is 12.3. The van der Waals surface area contributed by atoms with Gasteiger partial charge in [-0.3, -0.25) is 9.79 Å². The van der Waals surface area contributed by atoms with Gasteiger partial charge in [0.25, 0.3) is 0 Å². The van der Waals surface area contributed by atoms with Crippen LogP contribution in [0.4, 0.5) is 0 Å². The number of rotatable bonds is 9. The molecule has 0 aliphatic rings. The van der Waals surface area contributed by atoms with Crippen LogP contribution in [-0.2, 0) is 21.1 Å². The molecule has 0 atom stereocenters. The first-order valence-electron chi connectivity index (χ1n) is 9.29. The van der Waals surface area contributed by atoms with Crippen molar-refractivity contribution in [3.05, 3.63) is 29.8 Å². The van der Waals surface area contributed by atoms with E-state index in [-0.39, 0.29) is 12.5 Å². The standard InChI is InChI=1S/C19H32N4O3S/c1-6-20-19(22(4)15-18(24)23(7-2)8-3)21-14-13-16-9-11-17(12-10-16)27(5,25)26/h9-12H,6-8,13-15H2,1-5H3,(H,20,21). The Morgan fingerprint density at radius 3 is 2.19 bits per heavy atom. The molecule has 0 saturated heterocycles. The van der Waals surface area contributed by atoms with Gasteiger partial charge in [-0.25, -0.2) is 8.42 Å². The van der Waals surface area contributed by atoms with Crippen LogP contribution in [0.5, 0.6) is 0 Å². The second kappa shape index (κ2) is 10.9. The van der Waals surface area contributed by atoms with Gasteiger partial charge >= 0.3 is 0 Å². The van der Waals surface area contributed by atoms with Crippen molar-refractivity contribution in [3.63, 3.8) is 0 Å². The van der Waals surface area contributed by atoms with E-state index in [1.807, 2.05) is 44.9 Å². The smallest absolute Gasteiger partial charge is 0.242 e. The molecule has 0 spiro atoms. The van der Waals surface area contributed by atoms with Crippen LogP contribution in [0.1, 0.15) is 26.3 Å². The van der Waals surface area contributed by atoms with Crippen LogP contribution in [0.25, 0.3) is 0 Å². The van der Waals surface area contributed by atoms with E-state index >= 15 is 0 Å². The lowest BCUT2D eigenvalue weighted by Gasteiger charge is -2.25. The van der Waals surface area contributed by atoms with E-state index in [2.05, 4.69) is 10.3 Å². The summed E-state index contributed by atoms with van der Waals surface area (Å²) in [6, 6.07) is 6.86. The van der Waals surface area contributed by atoms with Crippen molar-refractivity contribution in [2.45, 2.75) is 32.1 Å². The lowest BCUT2D eigenvalue weighted by Crippen LogP contribution is -2.45. The summed E-state index contributed by atoms with van der Waals surface area (Å²) >= 11 is 0. The van der Waals surface area contributed by atoms with Gasteiger partial charge in [0.1, 0.15) is 0 Å². The molecule has 1 aromatic rings. The minimum absolute atomic E-state index is 0.0736. The topological polar surface area (TPSA) is 82.1 Å². The molecule has 0 bridgehead atoms. The van der Waals surface area contributed by atoms with Gasteiger partial charge in [-0.1, -0.05) is 12.1 Å². The minimum atomic E-state index is -3.18. The highest BCUT2D eigenvalue weighted by molar-refractivity contribution is 7.90.